The summed E-state index contributed by atoms with van der Waals surface area (Å²) in [6.07, 6.45) is 0.0749. The van der Waals surface area contributed by atoms with Gasteiger partial charge in [-0.25, -0.2) is 4.98 Å². The zero-order valence-electron chi connectivity index (χ0n) is 22.3. The van der Waals surface area contributed by atoms with E-state index in [1.54, 1.807) is 21.3 Å². The van der Waals surface area contributed by atoms with Crippen molar-refractivity contribution in [1.82, 2.24) is 4.98 Å². The minimum atomic E-state index is -0.511. The van der Waals surface area contributed by atoms with Gasteiger partial charge in [-0.2, -0.15) is 0 Å². The molecule has 0 unspecified atom stereocenters. The molecule has 1 aromatic heterocycles. The molecule has 4 atom stereocenters. The minimum Gasteiger partial charge on any atom is -0.493 e. The lowest BCUT2D eigenvalue weighted by atomic mass is 9.65. The maximum absolute atomic E-state index is 13.4. The average Bonchev–Trinajstić information content (AvgIpc) is 3.71. The third-order valence-corrected chi connectivity index (χ3v) is 8.44. The van der Waals surface area contributed by atoms with E-state index in [0.29, 0.717) is 39.6 Å². The van der Waals surface area contributed by atoms with Gasteiger partial charge >= 0.3 is 11.9 Å². The molecular weight excluding hydrogens is 540 g/mol. The van der Waals surface area contributed by atoms with E-state index in [1.807, 2.05) is 29.6 Å². The molecule has 1 N–H and O–H groups in total. The maximum atomic E-state index is 13.4. The van der Waals surface area contributed by atoms with Gasteiger partial charge in [-0.15, -0.1) is 11.3 Å². The zero-order valence-corrected chi connectivity index (χ0v) is 23.2. The summed E-state index contributed by atoms with van der Waals surface area (Å²) >= 11 is 1.38. The average molecular weight is 569 g/mol. The van der Waals surface area contributed by atoms with Crippen molar-refractivity contribution in [1.29, 1.82) is 0 Å². The molecule has 2 aromatic carbocycles. The summed E-state index contributed by atoms with van der Waals surface area (Å²) in [5, 5.41) is 5.96. The van der Waals surface area contributed by atoms with Crippen LogP contribution in [0.5, 0.6) is 28.7 Å². The second kappa shape index (κ2) is 10.4. The molecule has 1 fully saturated rings. The molecule has 0 bridgehead atoms. The summed E-state index contributed by atoms with van der Waals surface area (Å²) in [5.74, 6) is 0.902. The van der Waals surface area contributed by atoms with Crippen molar-refractivity contribution >= 4 is 28.4 Å². The first-order chi connectivity index (χ1) is 19.4. The number of carbonyl (C=O) groups excluding carboxylic acids is 2. The lowest BCUT2D eigenvalue weighted by molar-refractivity contribution is -0.142. The molecule has 12 heteroatoms. The number of carbonyl (C=O) groups is 2. The number of benzene rings is 2. The Labute approximate surface area is 234 Å². The number of hydrogen-bond acceptors (Lipinski definition) is 12. The Morgan fingerprint density at radius 1 is 1.00 bits per heavy atom. The van der Waals surface area contributed by atoms with Gasteiger partial charge < -0.3 is 38.5 Å². The molecule has 210 valence electrons. The van der Waals surface area contributed by atoms with Gasteiger partial charge in [0.15, 0.2) is 28.1 Å². The highest BCUT2D eigenvalue weighted by atomic mass is 32.1. The highest BCUT2D eigenvalue weighted by molar-refractivity contribution is 7.13. The molecule has 1 aliphatic carbocycles. The first-order valence-corrected chi connectivity index (χ1v) is 13.5. The number of cyclic esters (lactones) is 1. The Bertz CT molecular complexity index is 1450. The minimum absolute atomic E-state index is 0.0749. The first kappa shape index (κ1) is 26.1. The summed E-state index contributed by atoms with van der Waals surface area (Å²) < 4.78 is 38.7. The predicted octanol–water partition coefficient (Wildman–Crippen LogP) is 3.70. The second-order valence-electron chi connectivity index (χ2n) is 9.61. The number of nitrogens with one attached hydrogen (secondary N) is 1. The fourth-order valence-electron chi connectivity index (χ4n) is 5.84. The van der Waals surface area contributed by atoms with Crippen LogP contribution >= 0.6 is 11.3 Å². The Kier molecular flexibility index (Phi) is 6.78. The zero-order chi connectivity index (χ0) is 28.0. The number of nitrogens with zero attached hydrogens (tertiary/aromatic N) is 1. The highest BCUT2D eigenvalue weighted by Crippen LogP contribution is 2.56. The third kappa shape index (κ3) is 4.32. The fourth-order valence-corrected chi connectivity index (χ4v) is 6.58. The van der Waals surface area contributed by atoms with Gasteiger partial charge in [-0.1, -0.05) is 0 Å². The highest BCUT2D eigenvalue weighted by Gasteiger charge is 2.53. The number of ether oxygens (including phenoxy) is 7. The van der Waals surface area contributed by atoms with Crippen LogP contribution in [-0.4, -0.2) is 58.8 Å². The van der Waals surface area contributed by atoms with Crippen molar-refractivity contribution in [3.63, 3.8) is 0 Å². The Morgan fingerprint density at radius 2 is 1.70 bits per heavy atom. The van der Waals surface area contributed by atoms with E-state index in [1.165, 1.54) is 18.4 Å². The smallest absolute Gasteiger partial charge is 0.311 e. The number of hydrogen-bond donors (Lipinski definition) is 1. The SMILES string of the molecule is COC(=O)Cc1csc(N[C@@H]2c3cc4c(cc3[C@@H](c3cc(OC)c(OC)c(OC)c3)[C@H]3C(=O)OC[C@@H]32)OCO4)n1. The van der Waals surface area contributed by atoms with E-state index >= 15 is 0 Å². The monoisotopic (exact) mass is 568 g/mol. The second-order valence-corrected chi connectivity index (χ2v) is 10.5. The van der Waals surface area contributed by atoms with Crippen molar-refractivity contribution in [2.45, 2.75) is 18.4 Å². The first-order valence-electron chi connectivity index (χ1n) is 12.6. The van der Waals surface area contributed by atoms with Crippen LogP contribution in [0.1, 0.15) is 34.3 Å². The molecule has 0 saturated carbocycles. The summed E-state index contributed by atoms with van der Waals surface area (Å²) in [5.41, 5.74) is 3.25. The lowest BCUT2D eigenvalue weighted by Gasteiger charge is -2.39. The van der Waals surface area contributed by atoms with Gasteiger partial charge in [0.25, 0.3) is 0 Å². The van der Waals surface area contributed by atoms with E-state index in [4.69, 9.17) is 33.2 Å². The number of methoxy groups -OCH3 is 4. The van der Waals surface area contributed by atoms with Crippen molar-refractivity contribution in [3.05, 3.63) is 52.0 Å². The summed E-state index contributed by atoms with van der Waals surface area (Å²) in [4.78, 5) is 29.7. The van der Waals surface area contributed by atoms with E-state index in [-0.39, 0.29) is 49.6 Å². The van der Waals surface area contributed by atoms with Crippen molar-refractivity contribution < 1.29 is 42.7 Å². The van der Waals surface area contributed by atoms with Crippen LogP contribution in [0.2, 0.25) is 0 Å². The van der Waals surface area contributed by atoms with Gasteiger partial charge in [0.1, 0.15) is 0 Å². The lowest BCUT2D eigenvalue weighted by Crippen LogP contribution is -2.37. The molecule has 3 aromatic rings. The van der Waals surface area contributed by atoms with Crippen LogP contribution < -0.4 is 29.0 Å². The van der Waals surface area contributed by atoms with Crippen LogP contribution in [0.15, 0.2) is 29.6 Å². The summed E-state index contributed by atoms with van der Waals surface area (Å²) in [6, 6.07) is 7.32. The number of thiazole rings is 1. The van der Waals surface area contributed by atoms with E-state index < -0.39 is 5.92 Å². The van der Waals surface area contributed by atoms with Gasteiger partial charge in [0, 0.05) is 17.2 Å². The molecule has 11 nitrogen and oxygen atoms in total. The van der Waals surface area contributed by atoms with Crippen LogP contribution in [0.25, 0.3) is 0 Å². The Balaban J connectivity index is 1.48. The van der Waals surface area contributed by atoms with E-state index in [0.717, 1.165) is 16.7 Å². The largest absolute Gasteiger partial charge is 0.493 e. The number of fused-ring (bicyclic) bond motifs is 3. The molecule has 0 amide bonds. The molecule has 2 aliphatic heterocycles. The summed E-state index contributed by atoms with van der Waals surface area (Å²) in [6.45, 7) is 0.347. The van der Waals surface area contributed by atoms with E-state index in [2.05, 4.69) is 10.3 Å². The summed E-state index contributed by atoms with van der Waals surface area (Å²) in [7, 11) is 6.01. The van der Waals surface area contributed by atoms with Gasteiger partial charge in [0.2, 0.25) is 12.5 Å². The Morgan fingerprint density at radius 3 is 2.35 bits per heavy atom. The maximum Gasteiger partial charge on any atom is 0.311 e. The topological polar surface area (TPSA) is 124 Å². The quantitative estimate of drug-likeness (QED) is 0.400. The molecular formula is C28H28N2O9S. The van der Waals surface area contributed by atoms with Gasteiger partial charge in [0.05, 0.1) is 59.1 Å². The molecule has 0 radical (unpaired) electrons. The number of esters is 2. The Hall–Kier alpha value is -4.19. The molecule has 6 rings (SSSR count). The standard InChI is InChI=1S/C28H28N2O9S/c1-33-20-5-13(6-21(34-2)26(20)36-4)23-15-8-18-19(39-12-38-18)9-16(15)25(17-10-37-27(32)24(17)23)30-28-29-14(11-40-28)7-22(31)35-3/h5-6,8-9,11,17,23-25H,7,10,12H2,1-4H3,(H,29,30)/t17-,23+,24-,25+/m0/s1. The van der Waals surface area contributed by atoms with Crippen molar-refractivity contribution in [2.75, 3.05) is 47.2 Å². The third-order valence-electron chi connectivity index (χ3n) is 7.62. The predicted molar refractivity (Wildman–Crippen MR) is 143 cm³/mol. The van der Waals surface area contributed by atoms with Crippen LogP contribution in [0, 0.1) is 11.8 Å². The van der Waals surface area contributed by atoms with Crippen LogP contribution in [0.4, 0.5) is 5.13 Å². The number of rotatable bonds is 8. The molecule has 3 aliphatic rings. The molecule has 3 heterocycles. The van der Waals surface area contributed by atoms with Gasteiger partial charge in [-0.05, 0) is 41.0 Å². The van der Waals surface area contributed by atoms with Crippen molar-refractivity contribution in [3.8, 4) is 28.7 Å². The molecule has 40 heavy (non-hydrogen) atoms. The fraction of sp³-hybridized carbons (Fsp3) is 0.393. The normalized spacial score (nSPS) is 22.1. The van der Waals surface area contributed by atoms with Crippen LogP contribution in [0.3, 0.4) is 0 Å². The number of aromatic nitrogens is 1. The van der Waals surface area contributed by atoms with Gasteiger partial charge in [-0.3, -0.25) is 9.59 Å². The number of anilines is 1. The van der Waals surface area contributed by atoms with Crippen LogP contribution in [-0.2, 0) is 25.5 Å². The molecule has 1 saturated heterocycles. The van der Waals surface area contributed by atoms with Crippen molar-refractivity contribution in [2.24, 2.45) is 11.8 Å². The molecule has 0 spiro atoms. The van der Waals surface area contributed by atoms with E-state index in [9.17, 15) is 9.59 Å².